The fourth-order valence-electron chi connectivity index (χ4n) is 4.36. The molecule has 2 aliphatic rings. The number of benzene rings is 2. The van der Waals surface area contributed by atoms with Gasteiger partial charge in [-0.25, -0.2) is 4.79 Å². The Kier molecular flexibility index (Phi) is 8.22. The Hall–Kier alpha value is -3.73. The minimum atomic E-state index is -0.890. The van der Waals surface area contributed by atoms with E-state index in [1.54, 1.807) is 13.8 Å². The van der Waals surface area contributed by atoms with Crippen LogP contribution in [0, 0.1) is 23.7 Å². The molecule has 7 heteroatoms. The molecule has 0 bridgehead atoms. The standard InChI is InChI=1S/C30H31NO6/c1-5-34-29(33)26-24(17-16-21-12-8-6-9-13-21)25(20(2)31-27(26)22-14-10-7-11-15-22)28(32)35-18-23-19-36-30(3,4)37-23/h6-15,23-25H,5,18-19H2,1-4H3/t23-,24-,25?/m0/s1. The van der Waals surface area contributed by atoms with Gasteiger partial charge in [0.1, 0.15) is 18.6 Å². The SMILES string of the molecule is CCOC(=O)C1=C(c2ccccc2)N=C(C)C(C(=O)OC[C@H]2COC(C)(C)O2)[C@@H]1C#Cc1ccccc1. The molecule has 1 unspecified atom stereocenters. The summed E-state index contributed by atoms with van der Waals surface area (Å²) in [4.78, 5) is 31.5. The van der Waals surface area contributed by atoms with Crippen LogP contribution in [-0.4, -0.2) is 49.4 Å². The lowest BCUT2D eigenvalue weighted by Crippen LogP contribution is -2.38. The first-order chi connectivity index (χ1) is 17.8. The molecule has 2 aromatic rings. The van der Waals surface area contributed by atoms with Crippen molar-refractivity contribution in [2.24, 2.45) is 16.8 Å². The van der Waals surface area contributed by atoms with Crippen molar-refractivity contribution >= 4 is 23.3 Å². The molecule has 0 spiro atoms. The quantitative estimate of drug-likeness (QED) is 0.431. The van der Waals surface area contributed by atoms with Crippen LogP contribution in [0.4, 0.5) is 0 Å². The first-order valence-corrected chi connectivity index (χ1v) is 12.4. The summed E-state index contributed by atoms with van der Waals surface area (Å²) in [6.07, 6.45) is -0.381. The summed E-state index contributed by atoms with van der Waals surface area (Å²) in [5, 5.41) is 0. The van der Waals surface area contributed by atoms with Crippen molar-refractivity contribution in [2.75, 3.05) is 19.8 Å². The van der Waals surface area contributed by atoms with E-state index in [0.29, 0.717) is 18.0 Å². The molecule has 7 nitrogen and oxygen atoms in total. The number of hydrogen-bond acceptors (Lipinski definition) is 7. The van der Waals surface area contributed by atoms with E-state index in [1.165, 1.54) is 0 Å². The van der Waals surface area contributed by atoms with E-state index in [-0.39, 0.29) is 24.9 Å². The highest BCUT2D eigenvalue weighted by Gasteiger charge is 2.42. The largest absolute Gasteiger partial charge is 0.463 e. The van der Waals surface area contributed by atoms with E-state index >= 15 is 0 Å². The minimum absolute atomic E-state index is 0.0227. The lowest BCUT2D eigenvalue weighted by atomic mass is 9.79. The molecule has 2 aliphatic heterocycles. The molecule has 0 aliphatic carbocycles. The third kappa shape index (κ3) is 6.34. The van der Waals surface area contributed by atoms with Crippen molar-refractivity contribution in [1.82, 2.24) is 0 Å². The van der Waals surface area contributed by atoms with Crippen LogP contribution >= 0.6 is 0 Å². The average Bonchev–Trinajstić information content (AvgIpc) is 3.25. The fourth-order valence-corrected chi connectivity index (χ4v) is 4.36. The van der Waals surface area contributed by atoms with Crippen LogP contribution in [0.15, 0.2) is 71.2 Å². The lowest BCUT2D eigenvalue weighted by Gasteiger charge is -2.29. The first kappa shape index (κ1) is 26.3. The molecule has 1 saturated heterocycles. The maximum Gasteiger partial charge on any atom is 0.337 e. The van der Waals surface area contributed by atoms with Crippen LogP contribution in [0.3, 0.4) is 0 Å². The highest BCUT2D eigenvalue weighted by atomic mass is 16.7. The van der Waals surface area contributed by atoms with E-state index in [4.69, 9.17) is 23.9 Å². The van der Waals surface area contributed by atoms with Gasteiger partial charge in [0, 0.05) is 16.8 Å². The van der Waals surface area contributed by atoms with Gasteiger partial charge in [-0.15, -0.1) is 0 Å². The normalized spacial score (nSPS) is 22.5. The molecule has 0 N–H and O–H groups in total. The fraction of sp³-hybridized carbons (Fsp3) is 0.367. The van der Waals surface area contributed by atoms with Gasteiger partial charge in [-0.2, -0.15) is 0 Å². The Morgan fingerprint density at radius 2 is 1.73 bits per heavy atom. The Morgan fingerprint density at radius 3 is 2.35 bits per heavy atom. The van der Waals surface area contributed by atoms with Gasteiger partial charge < -0.3 is 18.9 Å². The van der Waals surface area contributed by atoms with Crippen LogP contribution in [0.5, 0.6) is 0 Å². The summed E-state index contributed by atoms with van der Waals surface area (Å²) >= 11 is 0. The van der Waals surface area contributed by atoms with Gasteiger partial charge in [0.15, 0.2) is 5.79 Å². The Bertz CT molecular complexity index is 1250. The van der Waals surface area contributed by atoms with E-state index in [2.05, 4.69) is 11.8 Å². The van der Waals surface area contributed by atoms with Crippen molar-refractivity contribution in [3.05, 3.63) is 77.4 Å². The van der Waals surface area contributed by atoms with Gasteiger partial charge in [-0.05, 0) is 39.8 Å². The number of rotatable bonds is 6. The van der Waals surface area contributed by atoms with Crippen LogP contribution in [-0.2, 0) is 28.5 Å². The number of hydrogen-bond donors (Lipinski definition) is 0. The van der Waals surface area contributed by atoms with Crippen molar-refractivity contribution in [2.45, 2.75) is 39.6 Å². The van der Waals surface area contributed by atoms with Gasteiger partial charge in [0.25, 0.3) is 0 Å². The molecule has 2 heterocycles. The number of carbonyl (C=O) groups is 2. The second-order valence-electron chi connectivity index (χ2n) is 9.27. The first-order valence-electron chi connectivity index (χ1n) is 12.4. The minimum Gasteiger partial charge on any atom is -0.463 e. The Labute approximate surface area is 217 Å². The number of ether oxygens (including phenoxy) is 4. The van der Waals surface area contributed by atoms with Crippen molar-refractivity contribution < 1.29 is 28.5 Å². The molecule has 192 valence electrons. The monoisotopic (exact) mass is 501 g/mol. The van der Waals surface area contributed by atoms with Crippen LogP contribution < -0.4 is 0 Å². The summed E-state index contributed by atoms with van der Waals surface area (Å²) in [5.74, 6) is 2.78. The number of carbonyl (C=O) groups excluding carboxylic acids is 2. The maximum atomic E-state index is 13.5. The predicted octanol–water partition coefficient (Wildman–Crippen LogP) is 4.41. The van der Waals surface area contributed by atoms with Crippen molar-refractivity contribution in [3.63, 3.8) is 0 Å². The zero-order chi connectivity index (χ0) is 26.4. The average molecular weight is 502 g/mol. The third-order valence-electron chi connectivity index (χ3n) is 6.06. The number of aliphatic imine (C=N–C) groups is 1. The highest BCUT2D eigenvalue weighted by molar-refractivity contribution is 6.11. The van der Waals surface area contributed by atoms with Gasteiger partial charge in [0.05, 0.1) is 30.4 Å². The molecule has 0 aromatic heterocycles. The van der Waals surface area contributed by atoms with Crippen LogP contribution in [0.25, 0.3) is 5.70 Å². The third-order valence-corrected chi connectivity index (χ3v) is 6.06. The summed E-state index contributed by atoms with van der Waals surface area (Å²) < 4.78 is 22.4. The molecular weight excluding hydrogens is 470 g/mol. The van der Waals surface area contributed by atoms with Crippen LogP contribution in [0.1, 0.15) is 38.8 Å². The zero-order valence-corrected chi connectivity index (χ0v) is 21.5. The van der Waals surface area contributed by atoms with Crippen molar-refractivity contribution in [3.8, 4) is 11.8 Å². The molecule has 0 radical (unpaired) electrons. The summed E-state index contributed by atoms with van der Waals surface area (Å²) in [6.45, 7) is 7.63. The van der Waals surface area contributed by atoms with Crippen LogP contribution in [0.2, 0.25) is 0 Å². The van der Waals surface area contributed by atoms with E-state index in [0.717, 1.165) is 11.1 Å². The summed E-state index contributed by atoms with van der Waals surface area (Å²) in [6, 6.07) is 18.8. The van der Waals surface area contributed by atoms with Gasteiger partial charge in [-0.3, -0.25) is 9.79 Å². The smallest absolute Gasteiger partial charge is 0.337 e. The zero-order valence-electron chi connectivity index (χ0n) is 21.5. The molecule has 4 rings (SSSR count). The topological polar surface area (TPSA) is 83.4 Å². The summed E-state index contributed by atoms with van der Waals surface area (Å²) in [7, 11) is 0. The molecular formula is C30H31NO6. The van der Waals surface area contributed by atoms with Gasteiger partial charge in [-0.1, -0.05) is 60.4 Å². The van der Waals surface area contributed by atoms with E-state index in [1.807, 2.05) is 74.5 Å². The summed E-state index contributed by atoms with van der Waals surface area (Å²) in [5.41, 5.74) is 2.70. The highest BCUT2D eigenvalue weighted by Crippen LogP contribution is 2.37. The molecule has 1 fully saturated rings. The lowest BCUT2D eigenvalue weighted by molar-refractivity contribution is -0.160. The maximum absolute atomic E-state index is 13.5. The Balaban J connectivity index is 1.74. The molecule has 0 amide bonds. The molecule has 0 saturated carbocycles. The number of esters is 2. The molecule has 2 aromatic carbocycles. The second-order valence-corrected chi connectivity index (χ2v) is 9.27. The molecule has 3 atom stereocenters. The molecule has 37 heavy (non-hydrogen) atoms. The van der Waals surface area contributed by atoms with Crippen molar-refractivity contribution in [1.29, 1.82) is 0 Å². The van der Waals surface area contributed by atoms with E-state index < -0.39 is 29.6 Å². The van der Waals surface area contributed by atoms with E-state index in [9.17, 15) is 9.59 Å². The van der Waals surface area contributed by atoms with Gasteiger partial charge >= 0.3 is 11.9 Å². The predicted molar refractivity (Wildman–Crippen MR) is 139 cm³/mol. The number of nitrogens with zero attached hydrogens (tertiary/aromatic N) is 1. The second kappa shape index (κ2) is 11.5. The Morgan fingerprint density at radius 1 is 1.05 bits per heavy atom. The van der Waals surface area contributed by atoms with Gasteiger partial charge in [0.2, 0.25) is 0 Å².